The molecular weight excluding hydrogens is 414 g/mol. The van der Waals surface area contributed by atoms with Gasteiger partial charge in [0.25, 0.3) is 0 Å². The molecule has 0 saturated carbocycles. The van der Waals surface area contributed by atoms with Crippen molar-refractivity contribution in [3.8, 4) is 5.75 Å². The van der Waals surface area contributed by atoms with Crippen molar-refractivity contribution < 1.29 is 12.6 Å². The van der Waals surface area contributed by atoms with Gasteiger partial charge in [0.1, 0.15) is 11.0 Å². The zero-order chi connectivity index (χ0) is 20.5. The van der Waals surface area contributed by atoms with Gasteiger partial charge in [0.05, 0.1) is 10.3 Å². The molecule has 0 bridgehead atoms. The van der Waals surface area contributed by atoms with Crippen LogP contribution in [0.4, 0.5) is 0 Å². The van der Waals surface area contributed by atoms with Crippen molar-refractivity contribution in [2.24, 2.45) is 7.05 Å². The molecule has 2 aliphatic heterocycles. The third kappa shape index (κ3) is 2.44. The highest BCUT2D eigenvalue weighted by Crippen LogP contribution is 2.59. The summed E-state index contributed by atoms with van der Waals surface area (Å²) in [5.41, 5.74) is 4.15. The summed E-state index contributed by atoms with van der Waals surface area (Å²) in [6, 6.07) is 25.7. The fourth-order valence-electron chi connectivity index (χ4n) is 4.91. The maximum Gasteiger partial charge on any atom is 0.314 e. The first-order valence-electron chi connectivity index (χ1n) is 9.87. The minimum Gasteiger partial charge on any atom is -0.382 e. The van der Waals surface area contributed by atoms with Crippen molar-refractivity contribution in [2.45, 2.75) is 21.4 Å². The summed E-state index contributed by atoms with van der Waals surface area (Å²) >= 11 is 1.63. The van der Waals surface area contributed by atoms with Gasteiger partial charge in [-0.25, -0.2) is 0 Å². The second-order valence-electron chi connectivity index (χ2n) is 7.80. The van der Waals surface area contributed by atoms with Gasteiger partial charge in [-0.2, -0.15) is 8.42 Å². The molecule has 1 aromatic heterocycles. The number of hydrogen-bond acceptors (Lipinski definition) is 4. The topological polar surface area (TPSA) is 48.3 Å². The third-order valence-electron chi connectivity index (χ3n) is 6.19. The minimum atomic E-state index is -3.83. The molecule has 0 saturated heterocycles. The SMILES string of the molecule is Cn1c2c(c3ccccc31)[C@H]1c3ccccc3OS(=O)(=O)[C@@H]1[C@@H](c1ccccc1)S2. The van der Waals surface area contributed by atoms with Crippen LogP contribution < -0.4 is 4.18 Å². The van der Waals surface area contributed by atoms with E-state index in [-0.39, 0.29) is 11.2 Å². The standard InChI is InChI=1S/C24H19NO3S2/c1-25-18-13-7-5-11-16(18)21-20-17-12-6-8-14-19(17)28-30(26,27)23(20)22(29-24(21)25)15-9-3-2-4-10-15/h2-14,20,22-23H,1H3/t20-,22-,23+/m1/s1. The first-order valence-corrected chi connectivity index (χ1v) is 12.2. The quantitative estimate of drug-likeness (QED) is 0.385. The van der Waals surface area contributed by atoms with Gasteiger partial charge in [0.2, 0.25) is 0 Å². The van der Waals surface area contributed by atoms with Crippen LogP contribution in [0, 0.1) is 0 Å². The highest BCUT2D eigenvalue weighted by molar-refractivity contribution is 8.00. The molecule has 150 valence electrons. The number of thioether (sulfide) groups is 1. The average molecular weight is 434 g/mol. The van der Waals surface area contributed by atoms with Crippen LogP contribution in [0.3, 0.4) is 0 Å². The third-order valence-corrected chi connectivity index (χ3v) is 9.52. The molecule has 0 N–H and O–H groups in total. The molecule has 30 heavy (non-hydrogen) atoms. The van der Waals surface area contributed by atoms with Crippen LogP contribution in [-0.4, -0.2) is 18.2 Å². The molecule has 6 heteroatoms. The molecule has 0 spiro atoms. The van der Waals surface area contributed by atoms with Gasteiger partial charge < -0.3 is 8.75 Å². The van der Waals surface area contributed by atoms with Gasteiger partial charge in [0, 0.05) is 35.0 Å². The van der Waals surface area contributed by atoms with Gasteiger partial charge in [-0.1, -0.05) is 78.5 Å². The van der Waals surface area contributed by atoms with Gasteiger partial charge in [-0.3, -0.25) is 0 Å². The van der Waals surface area contributed by atoms with Crippen molar-refractivity contribution in [2.75, 3.05) is 0 Å². The predicted molar refractivity (Wildman–Crippen MR) is 120 cm³/mol. The molecule has 3 heterocycles. The molecule has 4 aromatic rings. The number of fused-ring (bicyclic) bond motifs is 7. The monoisotopic (exact) mass is 433 g/mol. The van der Waals surface area contributed by atoms with E-state index in [2.05, 4.69) is 23.7 Å². The zero-order valence-electron chi connectivity index (χ0n) is 16.2. The van der Waals surface area contributed by atoms with E-state index in [1.54, 1.807) is 17.8 Å². The molecule has 6 rings (SSSR count). The number of aromatic nitrogens is 1. The van der Waals surface area contributed by atoms with Crippen molar-refractivity contribution in [3.05, 3.63) is 95.6 Å². The van der Waals surface area contributed by atoms with Crippen LogP contribution in [-0.2, 0) is 17.2 Å². The summed E-state index contributed by atoms with van der Waals surface area (Å²) in [4.78, 5) is 0. The van der Waals surface area contributed by atoms with Crippen LogP contribution in [0.25, 0.3) is 10.9 Å². The Hall–Kier alpha value is -2.70. The fourth-order valence-corrected chi connectivity index (χ4v) is 8.52. The number of rotatable bonds is 1. The van der Waals surface area contributed by atoms with E-state index in [1.807, 2.05) is 60.7 Å². The van der Waals surface area contributed by atoms with E-state index >= 15 is 0 Å². The van der Waals surface area contributed by atoms with Crippen molar-refractivity contribution in [3.63, 3.8) is 0 Å². The van der Waals surface area contributed by atoms with Crippen molar-refractivity contribution in [1.29, 1.82) is 0 Å². The summed E-state index contributed by atoms with van der Waals surface area (Å²) in [5.74, 6) is 0.156. The van der Waals surface area contributed by atoms with E-state index in [0.717, 1.165) is 32.6 Å². The molecule has 0 aliphatic carbocycles. The summed E-state index contributed by atoms with van der Waals surface area (Å²) in [7, 11) is -1.76. The van der Waals surface area contributed by atoms with Crippen LogP contribution in [0.15, 0.2) is 83.9 Å². The molecule has 0 fully saturated rings. The largest absolute Gasteiger partial charge is 0.382 e. The first-order chi connectivity index (χ1) is 14.6. The average Bonchev–Trinajstić information content (AvgIpc) is 3.05. The minimum absolute atomic E-state index is 0.259. The van der Waals surface area contributed by atoms with Gasteiger partial charge in [-0.15, -0.1) is 0 Å². The maximum absolute atomic E-state index is 13.5. The lowest BCUT2D eigenvalue weighted by atomic mass is 9.84. The van der Waals surface area contributed by atoms with E-state index < -0.39 is 15.4 Å². The second kappa shape index (κ2) is 6.40. The lowest BCUT2D eigenvalue weighted by molar-refractivity contribution is 0.433. The lowest BCUT2D eigenvalue weighted by Gasteiger charge is -2.41. The highest BCUT2D eigenvalue weighted by atomic mass is 32.2. The Morgan fingerprint density at radius 2 is 1.60 bits per heavy atom. The smallest absolute Gasteiger partial charge is 0.314 e. The van der Waals surface area contributed by atoms with E-state index in [9.17, 15) is 8.42 Å². The number of benzene rings is 3. The lowest BCUT2D eigenvalue weighted by Crippen LogP contribution is -2.42. The van der Waals surface area contributed by atoms with E-state index in [0.29, 0.717) is 5.75 Å². The Morgan fingerprint density at radius 3 is 2.43 bits per heavy atom. The number of aryl methyl sites for hydroxylation is 1. The summed E-state index contributed by atoms with van der Waals surface area (Å²) in [5, 5.41) is 1.28. The molecule has 3 atom stereocenters. The summed E-state index contributed by atoms with van der Waals surface area (Å²) in [6.07, 6.45) is 0. The second-order valence-corrected chi connectivity index (χ2v) is 10.6. The molecule has 2 aliphatic rings. The van der Waals surface area contributed by atoms with Gasteiger partial charge in [0.15, 0.2) is 0 Å². The molecule has 0 unspecified atom stereocenters. The molecule has 3 aromatic carbocycles. The van der Waals surface area contributed by atoms with Crippen molar-refractivity contribution >= 4 is 32.8 Å². The normalized spacial score (nSPS) is 23.8. The Kier molecular flexibility index (Phi) is 3.86. The number of nitrogens with zero attached hydrogens (tertiary/aromatic N) is 1. The Morgan fingerprint density at radius 1 is 0.900 bits per heavy atom. The van der Waals surface area contributed by atoms with Crippen LogP contribution >= 0.6 is 11.8 Å². The van der Waals surface area contributed by atoms with E-state index in [1.165, 1.54) is 0 Å². The predicted octanol–water partition coefficient (Wildman–Crippen LogP) is 5.25. The molecular formula is C24H19NO3S2. The van der Waals surface area contributed by atoms with Crippen LogP contribution in [0.2, 0.25) is 0 Å². The summed E-state index contributed by atoms with van der Waals surface area (Å²) < 4.78 is 34.8. The molecule has 4 nitrogen and oxygen atoms in total. The number of para-hydroxylation sites is 2. The molecule has 0 radical (unpaired) electrons. The highest BCUT2D eigenvalue weighted by Gasteiger charge is 2.53. The number of hydrogen-bond donors (Lipinski definition) is 0. The Labute approximate surface area is 179 Å². The van der Waals surface area contributed by atoms with Crippen LogP contribution in [0.1, 0.15) is 27.9 Å². The fraction of sp³-hybridized carbons (Fsp3) is 0.167. The van der Waals surface area contributed by atoms with Gasteiger partial charge >= 0.3 is 10.1 Å². The van der Waals surface area contributed by atoms with E-state index in [4.69, 9.17) is 4.18 Å². The van der Waals surface area contributed by atoms with Gasteiger partial charge in [-0.05, 0) is 17.7 Å². The first kappa shape index (κ1) is 18.1. The maximum atomic E-state index is 13.5. The Balaban J connectivity index is 1.72. The zero-order valence-corrected chi connectivity index (χ0v) is 17.9. The Bertz CT molecular complexity index is 1390. The van der Waals surface area contributed by atoms with Crippen molar-refractivity contribution in [1.82, 2.24) is 4.57 Å². The summed E-state index contributed by atoms with van der Waals surface area (Å²) in [6.45, 7) is 0. The molecule has 0 amide bonds. The van der Waals surface area contributed by atoms with Crippen LogP contribution in [0.5, 0.6) is 5.75 Å².